The second-order valence-electron chi connectivity index (χ2n) is 5.81. The molecule has 2 amide bonds. The summed E-state index contributed by atoms with van der Waals surface area (Å²) >= 11 is 0. The van der Waals surface area contributed by atoms with E-state index >= 15 is 0 Å². The van der Waals surface area contributed by atoms with E-state index in [1.165, 1.54) is 4.90 Å². The maximum Gasteiger partial charge on any atom is 0.262 e. The van der Waals surface area contributed by atoms with Crippen LogP contribution >= 0.6 is 0 Å². The average Bonchev–Trinajstić information content (AvgIpc) is 2.69. The largest absolute Gasteiger partial charge is 0.376 e. The molecular formula is C16H20N2O3. The number of rotatable bonds is 3. The van der Waals surface area contributed by atoms with Crippen LogP contribution in [0.2, 0.25) is 0 Å². The van der Waals surface area contributed by atoms with E-state index in [-0.39, 0.29) is 30.0 Å². The predicted molar refractivity (Wildman–Crippen MR) is 78.2 cm³/mol. The molecule has 0 spiro atoms. The van der Waals surface area contributed by atoms with Gasteiger partial charge in [-0.2, -0.15) is 0 Å². The molecular weight excluding hydrogens is 268 g/mol. The van der Waals surface area contributed by atoms with Gasteiger partial charge < -0.3 is 10.5 Å². The number of aryl methyl sites for hydroxylation is 2. The van der Waals surface area contributed by atoms with Crippen LogP contribution in [0.1, 0.15) is 45.2 Å². The number of hydrogen-bond acceptors (Lipinski definition) is 4. The van der Waals surface area contributed by atoms with Crippen molar-refractivity contribution in [1.82, 2.24) is 4.90 Å². The van der Waals surface area contributed by atoms with Crippen molar-refractivity contribution in [3.63, 3.8) is 0 Å². The Bertz CT molecular complexity index is 583. The fourth-order valence-corrected chi connectivity index (χ4v) is 3.33. The first-order valence-corrected chi connectivity index (χ1v) is 7.32. The first-order chi connectivity index (χ1) is 9.97. The maximum absolute atomic E-state index is 12.7. The molecule has 1 fully saturated rings. The molecule has 3 atom stereocenters. The summed E-state index contributed by atoms with van der Waals surface area (Å²) in [5.74, 6) is -0.470. The molecule has 21 heavy (non-hydrogen) atoms. The molecule has 5 heteroatoms. The van der Waals surface area contributed by atoms with Gasteiger partial charge in [-0.25, -0.2) is 0 Å². The summed E-state index contributed by atoms with van der Waals surface area (Å²) in [7, 11) is 0. The van der Waals surface area contributed by atoms with Crippen molar-refractivity contribution in [2.75, 3.05) is 6.61 Å². The lowest BCUT2D eigenvalue weighted by atomic mass is 9.82. The fraction of sp³-hybridized carbons (Fsp3) is 0.500. The number of fused-ring (bicyclic) bond motifs is 1. The minimum atomic E-state index is -0.351. The first-order valence-electron chi connectivity index (χ1n) is 7.32. The molecule has 112 valence electrons. The van der Waals surface area contributed by atoms with Crippen LogP contribution in [-0.4, -0.2) is 41.5 Å². The number of imide groups is 1. The number of nitrogens with two attached hydrogens (primary N) is 1. The van der Waals surface area contributed by atoms with Crippen LogP contribution in [0.25, 0.3) is 0 Å². The predicted octanol–water partition coefficient (Wildman–Crippen LogP) is 1.40. The Morgan fingerprint density at radius 2 is 1.71 bits per heavy atom. The van der Waals surface area contributed by atoms with Crippen LogP contribution in [0.4, 0.5) is 0 Å². The molecule has 0 saturated heterocycles. The van der Waals surface area contributed by atoms with E-state index in [0.29, 0.717) is 24.2 Å². The third kappa shape index (κ3) is 1.92. The highest BCUT2D eigenvalue weighted by molar-refractivity contribution is 6.23. The molecule has 3 rings (SSSR count). The van der Waals surface area contributed by atoms with E-state index in [1.807, 2.05) is 32.9 Å². The average molecular weight is 288 g/mol. The second kappa shape index (κ2) is 4.93. The standard InChI is InChI=1S/C16H20N2O3/c1-4-21-11-7-10(17)14(11)18-15(19)12-8(2)5-6-9(3)13(12)16(18)20/h5-6,10-11,14H,4,7,17H2,1-3H3. The Kier molecular flexibility index (Phi) is 3.34. The lowest BCUT2D eigenvalue weighted by Gasteiger charge is -2.45. The van der Waals surface area contributed by atoms with Crippen molar-refractivity contribution in [1.29, 1.82) is 0 Å². The molecule has 2 N–H and O–H groups in total. The summed E-state index contributed by atoms with van der Waals surface area (Å²) in [5.41, 5.74) is 8.74. The van der Waals surface area contributed by atoms with Crippen LogP contribution in [-0.2, 0) is 4.74 Å². The fourth-order valence-electron chi connectivity index (χ4n) is 3.33. The van der Waals surface area contributed by atoms with E-state index in [1.54, 1.807) is 0 Å². The Morgan fingerprint density at radius 1 is 1.19 bits per heavy atom. The lowest BCUT2D eigenvalue weighted by molar-refractivity contribution is -0.0611. The minimum absolute atomic E-state index is 0.146. The molecule has 1 heterocycles. The van der Waals surface area contributed by atoms with E-state index in [4.69, 9.17) is 10.5 Å². The molecule has 0 radical (unpaired) electrons. The van der Waals surface area contributed by atoms with E-state index in [9.17, 15) is 9.59 Å². The molecule has 0 bridgehead atoms. The van der Waals surface area contributed by atoms with E-state index in [0.717, 1.165) is 11.1 Å². The number of benzene rings is 1. The van der Waals surface area contributed by atoms with Crippen LogP contribution in [0.5, 0.6) is 0 Å². The number of amides is 2. The third-order valence-electron chi connectivity index (χ3n) is 4.49. The smallest absolute Gasteiger partial charge is 0.262 e. The van der Waals surface area contributed by atoms with Crippen molar-refractivity contribution in [2.45, 2.75) is 45.4 Å². The summed E-state index contributed by atoms with van der Waals surface area (Å²) in [6.07, 6.45) is 0.539. The van der Waals surface area contributed by atoms with Crippen LogP contribution in [0.15, 0.2) is 12.1 Å². The first kappa shape index (κ1) is 14.2. The minimum Gasteiger partial charge on any atom is -0.376 e. The molecule has 1 aromatic rings. The molecule has 1 aromatic carbocycles. The van der Waals surface area contributed by atoms with Crippen molar-refractivity contribution >= 4 is 11.8 Å². The van der Waals surface area contributed by atoms with E-state index in [2.05, 4.69) is 0 Å². The van der Waals surface area contributed by atoms with Crippen LogP contribution < -0.4 is 5.73 Å². The van der Waals surface area contributed by atoms with Gasteiger partial charge in [-0.1, -0.05) is 12.1 Å². The van der Waals surface area contributed by atoms with Gasteiger partial charge in [-0.05, 0) is 38.3 Å². The monoisotopic (exact) mass is 288 g/mol. The van der Waals surface area contributed by atoms with Crippen molar-refractivity contribution < 1.29 is 14.3 Å². The topological polar surface area (TPSA) is 72.6 Å². The number of ether oxygens (including phenoxy) is 1. The zero-order chi connectivity index (χ0) is 15.3. The highest BCUT2D eigenvalue weighted by Crippen LogP contribution is 2.36. The summed E-state index contributed by atoms with van der Waals surface area (Å²) in [5, 5.41) is 0. The lowest BCUT2D eigenvalue weighted by Crippen LogP contribution is -2.66. The molecule has 1 aliphatic heterocycles. The van der Waals surface area contributed by atoms with Crippen molar-refractivity contribution in [3.8, 4) is 0 Å². The SMILES string of the molecule is CCOC1CC(N)C1N1C(=O)c2c(C)ccc(C)c2C1=O. The van der Waals surface area contributed by atoms with Crippen molar-refractivity contribution in [3.05, 3.63) is 34.4 Å². The van der Waals surface area contributed by atoms with Gasteiger partial charge in [0.2, 0.25) is 0 Å². The van der Waals surface area contributed by atoms with Crippen LogP contribution in [0.3, 0.4) is 0 Å². The summed E-state index contributed by atoms with van der Waals surface area (Å²) in [6, 6.07) is 3.20. The van der Waals surface area contributed by atoms with Gasteiger partial charge in [0.25, 0.3) is 11.8 Å². The zero-order valence-corrected chi connectivity index (χ0v) is 12.6. The van der Waals surface area contributed by atoms with Gasteiger partial charge in [0, 0.05) is 12.6 Å². The van der Waals surface area contributed by atoms with Crippen LogP contribution in [0, 0.1) is 13.8 Å². The molecule has 5 nitrogen and oxygen atoms in total. The Hall–Kier alpha value is -1.72. The number of hydrogen-bond donors (Lipinski definition) is 1. The molecule has 0 aromatic heterocycles. The zero-order valence-electron chi connectivity index (χ0n) is 12.6. The molecule has 1 saturated carbocycles. The Balaban J connectivity index is 2.00. The third-order valence-corrected chi connectivity index (χ3v) is 4.49. The molecule has 1 aliphatic carbocycles. The molecule has 2 aliphatic rings. The Labute approximate surface area is 124 Å². The quantitative estimate of drug-likeness (QED) is 0.853. The van der Waals surface area contributed by atoms with E-state index < -0.39 is 0 Å². The van der Waals surface area contributed by atoms with Gasteiger partial charge in [-0.3, -0.25) is 14.5 Å². The van der Waals surface area contributed by atoms with Gasteiger partial charge >= 0.3 is 0 Å². The number of carbonyl (C=O) groups excluding carboxylic acids is 2. The van der Waals surface area contributed by atoms with Gasteiger partial charge in [0.05, 0.1) is 23.3 Å². The Morgan fingerprint density at radius 3 is 2.14 bits per heavy atom. The number of carbonyl (C=O) groups is 2. The van der Waals surface area contributed by atoms with Gasteiger partial charge in [-0.15, -0.1) is 0 Å². The van der Waals surface area contributed by atoms with Gasteiger partial charge in [0.15, 0.2) is 0 Å². The van der Waals surface area contributed by atoms with Gasteiger partial charge in [0.1, 0.15) is 0 Å². The number of nitrogens with zero attached hydrogens (tertiary/aromatic N) is 1. The normalized spacial score (nSPS) is 27.8. The molecule has 3 unspecified atom stereocenters. The highest BCUT2D eigenvalue weighted by Gasteiger charge is 2.51. The summed E-state index contributed by atoms with van der Waals surface area (Å²) in [6.45, 7) is 6.16. The van der Waals surface area contributed by atoms with Crippen molar-refractivity contribution in [2.24, 2.45) is 5.73 Å². The second-order valence-corrected chi connectivity index (χ2v) is 5.81. The summed E-state index contributed by atoms with van der Waals surface area (Å²) < 4.78 is 5.60. The highest BCUT2D eigenvalue weighted by atomic mass is 16.5. The summed E-state index contributed by atoms with van der Waals surface area (Å²) in [4.78, 5) is 26.7. The maximum atomic E-state index is 12.7.